The van der Waals surface area contributed by atoms with Crippen LogP contribution >= 0.6 is 0 Å². The average molecular weight is 255 g/mol. The fourth-order valence-electron chi connectivity index (χ4n) is 2.44. The van der Waals surface area contributed by atoms with E-state index < -0.39 is 11.6 Å². The quantitative estimate of drug-likeness (QED) is 0.893. The Hall–Kier alpha value is -1.00. The molecule has 18 heavy (non-hydrogen) atoms. The second-order valence-corrected chi connectivity index (χ2v) is 4.67. The topological polar surface area (TPSA) is 21.3 Å². The van der Waals surface area contributed by atoms with Crippen LogP contribution in [0.4, 0.5) is 8.78 Å². The van der Waals surface area contributed by atoms with Crippen molar-refractivity contribution in [3.63, 3.8) is 0 Å². The molecule has 0 bridgehead atoms. The zero-order chi connectivity index (χ0) is 13.0. The second kappa shape index (κ2) is 6.25. The van der Waals surface area contributed by atoms with Crippen LogP contribution in [0.1, 0.15) is 31.4 Å². The fourth-order valence-corrected chi connectivity index (χ4v) is 2.44. The molecule has 0 saturated carbocycles. The Morgan fingerprint density at radius 1 is 1.33 bits per heavy atom. The Bertz CT molecular complexity index is 397. The molecular formula is C14H19F2NO. The highest BCUT2D eigenvalue weighted by Crippen LogP contribution is 2.33. The van der Waals surface area contributed by atoms with Crippen LogP contribution in [0, 0.1) is 17.6 Å². The van der Waals surface area contributed by atoms with E-state index in [0.29, 0.717) is 12.5 Å². The van der Waals surface area contributed by atoms with Crippen molar-refractivity contribution < 1.29 is 13.5 Å². The van der Waals surface area contributed by atoms with Crippen molar-refractivity contribution in [1.82, 2.24) is 5.32 Å². The maximum atomic E-state index is 13.3. The lowest BCUT2D eigenvalue weighted by Gasteiger charge is -2.32. The van der Waals surface area contributed by atoms with Crippen molar-refractivity contribution in [3.05, 3.63) is 35.4 Å². The molecule has 2 atom stereocenters. The Labute approximate surface area is 106 Å². The first kappa shape index (κ1) is 13.4. The summed E-state index contributed by atoms with van der Waals surface area (Å²) in [6, 6.07) is 4.05. The van der Waals surface area contributed by atoms with Gasteiger partial charge in [-0.2, -0.15) is 0 Å². The van der Waals surface area contributed by atoms with E-state index in [-0.39, 0.29) is 6.10 Å². The molecule has 0 aliphatic carbocycles. The van der Waals surface area contributed by atoms with Crippen LogP contribution in [0.5, 0.6) is 0 Å². The third-order valence-corrected chi connectivity index (χ3v) is 3.37. The smallest absolute Gasteiger partial charge is 0.159 e. The van der Waals surface area contributed by atoms with E-state index in [0.717, 1.165) is 31.5 Å². The molecule has 2 unspecified atom stereocenters. The molecular weight excluding hydrogens is 236 g/mol. The van der Waals surface area contributed by atoms with Gasteiger partial charge >= 0.3 is 0 Å². The van der Waals surface area contributed by atoms with Gasteiger partial charge in [-0.25, -0.2) is 8.78 Å². The van der Waals surface area contributed by atoms with E-state index >= 15 is 0 Å². The minimum absolute atomic E-state index is 0.132. The van der Waals surface area contributed by atoms with E-state index in [2.05, 4.69) is 12.2 Å². The largest absolute Gasteiger partial charge is 0.373 e. The summed E-state index contributed by atoms with van der Waals surface area (Å²) in [6.45, 7) is 4.49. The fraction of sp³-hybridized carbons (Fsp3) is 0.571. The van der Waals surface area contributed by atoms with Crippen LogP contribution in [0.25, 0.3) is 0 Å². The summed E-state index contributed by atoms with van der Waals surface area (Å²) >= 11 is 0. The van der Waals surface area contributed by atoms with Crippen LogP contribution in [-0.4, -0.2) is 19.7 Å². The average Bonchev–Trinajstić information content (AvgIpc) is 2.40. The molecule has 1 N–H and O–H groups in total. The molecule has 1 aliphatic rings. The summed E-state index contributed by atoms with van der Waals surface area (Å²) in [4.78, 5) is 0. The van der Waals surface area contributed by atoms with Crippen molar-refractivity contribution in [2.45, 2.75) is 25.9 Å². The number of benzene rings is 1. The summed E-state index contributed by atoms with van der Waals surface area (Å²) in [6.07, 6.45) is 1.94. The zero-order valence-electron chi connectivity index (χ0n) is 10.6. The van der Waals surface area contributed by atoms with Crippen LogP contribution in [0.15, 0.2) is 18.2 Å². The highest BCUT2D eigenvalue weighted by atomic mass is 19.2. The molecule has 1 heterocycles. The molecule has 0 spiro atoms. The molecule has 1 saturated heterocycles. The van der Waals surface area contributed by atoms with E-state index in [4.69, 9.17) is 4.74 Å². The molecule has 1 aromatic rings. The molecule has 1 aliphatic heterocycles. The number of rotatable bonds is 4. The van der Waals surface area contributed by atoms with Gasteiger partial charge in [0.1, 0.15) is 0 Å². The summed E-state index contributed by atoms with van der Waals surface area (Å²) in [5.74, 6) is -1.29. The summed E-state index contributed by atoms with van der Waals surface area (Å²) in [5.41, 5.74) is 0.733. The van der Waals surface area contributed by atoms with Crippen LogP contribution in [0.3, 0.4) is 0 Å². The predicted octanol–water partition coefficient (Wildman–Crippen LogP) is 3.04. The van der Waals surface area contributed by atoms with E-state index in [9.17, 15) is 8.78 Å². The van der Waals surface area contributed by atoms with Gasteiger partial charge < -0.3 is 10.1 Å². The highest BCUT2D eigenvalue weighted by Gasteiger charge is 2.27. The first-order valence-corrected chi connectivity index (χ1v) is 6.49. The maximum absolute atomic E-state index is 13.3. The van der Waals surface area contributed by atoms with Crippen molar-refractivity contribution in [3.8, 4) is 0 Å². The molecule has 1 fully saturated rings. The van der Waals surface area contributed by atoms with E-state index in [1.54, 1.807) is 6.07 Å². The molecule has 0 aromatic heterocycles. The van der Waals surface area contributed by atoms with Crippen molar-refractivity contribution in [2.75, 3.05) is 19.7 Å². The normalized spacial score (nSPS) is 24.2. The van der Waals surface area contributed by atoms with Gasteiger partial charge in [0.05, 0.1) is 6.10 Å². The third kappa shape index (κ3) is 3.06. The van der Waals surface area contributed by atoms with Crippen LogP contribution in [0.2, 0.25) is 0 Å². The maximum Gasteiger partial charge on any atom is 0.159 e. The summed E-state index contributed by atoms with van der Waals surface area (Å²) in [5, 5.41) is 3.30. The Balaban J connectivity index is 2.14. The Morgan fingerprint density at radius 2 is 2.17 bits per heavy atom. The van der Waals surface area contributed by atoms with Crippen molar-refractivity contribution in [1.29, 1.82) is 0 Å². The molecule has 4 heteroatoms. The highest BCUT2D eigenvalue weighted by molar-refractivity contribution is 5.21. The molecule has 2 nitrogen and oxygen atoms in total. The first-order valence-electron chi connectivity index (χ1n) is 6.49. The van der Waals surface area contributed by atoms with E-state index in [1.165, 1.54) is 12.1 Å². The monoisotopic (exact) mass is 255 g/mol. The zero-order valence-corrected chi connectivity index (χ0v) is 10.6. The molecule has 2 rings (SSSR count). The van der Waals surface area contributed by atoms with Gasteiger partial charge in [0.2, 0.25) is 0 Å². The number of halogens is 2. The van der Waals surface area contributed by atoms with Gasteiger partial charge in [-0.15, -0.1) is 0 Å². The third-order valence-electron chi connectivity index (χ3n) is 3.37. The first-order chi connectivity index (χ1) is 8.72. The summed E-state index contributed by atoms with van der Waals surface area (Å²) < 4.78 is 31.9. The van der Waals surface area contributed by atoms with Gasteiger partial charge in [0.15, 0.2) is 11.6 Å². The predicted molar refractivity (Wildman–Crippen MR) is 66.3 cm³/mol. The number of hydrogen-bond donors (Lipinski definition) is 1. The summed E-state index contributed by atoms with van der Waals surface area (Å²) in [7, 11) is 0. The lowest BCUT2D eigenvalue weighted by atomic mass is 9.89. The minimum atomic E-state index is -0.808. The second-order valence-electron chi connectivity index (χ2n) is 4.67. The van der Waals surface area contributed by atoms with Crippen LogP contribution in [-0.2, 0) is 4.74 Å². The number of ether oxygens (including phenoxy) is 1. The SMILES string of the molecule is CCNCC1CCCOC1c1ccc(F)c(F)c1. The van der Waals surface area contributed by atoms with Gasteiger partial charge in [-0.05, 0) is 37.1 Å². The Morgan fingerprint density at radius 3 is 2.89 bits per heavy atom. The lowest BCUT2D eigenvalue weighted by molar-refractivity contribution is -0.0278. The number of nitrogens with one attached hydrogen (secondary N) is 1. The van der Waals surface area contributed by atoms with Crippen molar-refractivity contribution >= 4 is 0 Å². The van der Waals surface area contributed by atoms with Gasteiger partial charge in [0.25, 0.3) is 0 Å². The lowest BCUT2D eigenvalue weighted by Crippen LogP contribution is -2.31. The molecule has 0 amide bonds. The van der Waals surface area contributed by atoms with Gasteiger partial charge in [-0.1, -0.05) is 13.0 Å². The number of hydrogen-bond acceptors (Lipinski definition) is 2. The Kier molecular flexibility index (Phi) is 4.66. The molecule has 100 valence electrons. The minimum Gasteiger partial charge on any atom is -0.373 e. The molecule has 1 aromatic carbocycles. The molecule has 0 radical (unpaired) electrons. The standard InChI is InChI=1S/C14H19F2NO/c1-2-17-9-11-4-3-7-18-14(11)10-5-6-12(15)13(16)8-10/h5-6,8,11,14,17H,2-4,7,9H2,1H3. The van der Waals surface area contributed by atoms with Gasteiger partial charge in [0, 0.05) is 19.1 Å². The van der Waals surface area contributed by atoms with Crippen molar-refractivity contribution in [2.24, 2.45) is 5.92 Å². The van der Waals surface area contributed by atoms with Gasteiger partial charge in [-0.3, -0.25) is 0 Å². The van der Waals surface area contributed by atoms with E-state index in [1.807, 2.05) is 0 Å². The van der Waals surface area contributed by atoms with Crippen LogP contribution < -0.4 is 5.32 Å².